The summed E-state index contributed by atoms with van der Waals surface area (Å²) >= 11 is 6.09. The summed E-state index contributed by atoms with van der Waals surface area (Å²) in [7, 11) is 3.27. The molecule has 0 spiro atoms. The lowest BCUT2D eigenvalue weighted by atomic mass is 10.1. The fourth-order valence-electron chi connectivity index (χ4n) is 2.97. The second-order valence-corrected chi connectivity index (χ2v) is 6.92. The molecule has 3 rings (SSSR count). The number of methoxy groups -OCH3 is 1. The number of benzene rings is 3. The van der Waals surface area contributed by atoms with E-state index < -0.39 is 0 Å². The molecule has 0 saturated carbocycles. The van der Waals surface area contributed by atoms with Crippen LogP contribution in [-0.4, -0.2) is 30.9 Å². The summed E-state index contributed by atoms with van der Waals surface area (Å²) in [5, 5.41) is 3.39. The molecule has 2 amide bonds. The molecular formula is C23H21ClN2O3. The molecule has 0 fully saturated rings. The minimum absolute atomic E-state index is 0.226. The predicted molar refractivity (Wildman–Crippen MR) is 115 cm³/mol. The monoisotopic (exact) mass is 408 g/mol. The normalized spacial score (nSPS) is 10.3. The van der Waals surface area contributed by atoms with Crippen molar-refractivity contribution >= 4 is 29.1 Å². The molecule has 0 aliphatic heterocycles. The number of anilines is 1. The Balaban J connectivity index is 1.81. The van der Waals surface area contributed by atoms with E-state index >= 15 is 0 Å². The van der Waals surface area contributed by atoms with Gasteiger partial charge in [-0.15, -0.1) is 0 Å². The topological polar surface area (TPSA) is 58.6 Å². The highest BCUT2D eigenvalue weighted by Gasteiger charge is 2.19. The van der Waals surface area contributed by atoms with Crippen LogP contribution < -0.4 is 10.1 Å². The molecule has 3 aromatic rings. The Morgan fingerprint density at radius 2 is 1.69 bits per heavy atom. The Bertz CT molecular complexity index is 1020. The van der Waals surface area contributed by atoms with Crippen LogP contribution in [0.15, 0.2) is 72.8 Å². The van der Waals surface area contributed by atoms with Gasteiger partial charge in [-0.1, -0.05) is 41.9 Å². The van der Waals surface area contributed by atoms with Gasteiger partial charge in [0.1, 0.15) is 5.75 Å². The van der Waals surface area contributed by atoms with Crippen molar-refractivity contribution in [2.75, 3.05) is 19.5 Å². The summed E-state index contributed by atoms with van der Waals surface area (Å²) in [6.07, 6.45) is 0. The van der Waals surface area contributed by atoms with Gasteiger partial charge in [-0.05, 0) is 42.5 Å². The molecule has 0 heterocycles. The van der Waals surface area contributed by atoms with Crippen LogP contribution in [0.25, 0.3) is 0 Å². The molecule has 0 aromatic heterocycles. The minimum atomic E-state index is -0.273. The van der Waals surface area contributed by atoms with E-state index in [9.17, 15) is 9.59 Å². The van der Waals surface area contributed by atoms with E-state index in [1.165, 1.54) is 0 Å². The second kappa shape index (κ2) is 9.26. The van der Waals surface area contributed by atoms with Gasteiger partial charge in [-0.25, -0.2) is 0 Å². The Morgan fingerprint density at radius 1 is 1.00 bits per heavy atom. The maximum atomic E-state index is 13.1. The Labute approximate surface area is 174 Å². The highest BCUT2D eigenvalue weighted by molar-refractivity contribution is 6.30. The van der Waals surface area contributed by atoms with E-state index in [0.717, 1.165) is 5.56 Å². The second-order valence-electron chi connectivity index (χ2n) is 6.48. The molecule has 0 atom stereocenters. The van der Waals surface area contributed by atoms with Crippen LogP contribution in [0, 0.1) is 0 Å². The first kappa shape index (κ1) is 20.4. The smallest absolute Gasteiger partial charge is 0.256 e. The fourth-order valence-corrected chi connectivity index (χ4v) is 3.16. The summed E-state index contributed by atoms with van der Waals surface area (Å²) in [6.45, 7) is 0.309. The number of hydrogen-bond donors (Lipinski definition) is 1. The molecule has 148 valence electrons. The summed E-state index contributed by atoms with van der Waals surface area (Å²) in [5.74, 6) is 0.153. The van der Waals surface area contributed by atoms with Crippen molar-refractivity contribution in [3.63, 3.8) is 0 Å². The van der Waals surface area contributed by atoms with Gasteiger partial charge in [-0.2, -0.15) is 0 Å². The van der Waals surface area contributed by atoms with E-state index in [-0.39, 0.29) is 11.8 Å². The van der Waals surface area contributed by atoms with Gasteiger partial charge < -0.3 is 15.0 Å². The molecule has 6 heteroatoms. The van der Waals surface area contributed by atoms with Crippen LogP contribution in [0.4, 0.5) is 5.69 Å². The van der Waals surface area contributed by atoms with E-state index in [0.29, 0.717) is 34.1 Å². The van der Waals surface area contributed by atoms with Crippen molar-refractivity contribution in [1.29, 1.82) is 0 Å². The van der Waals surface area contributed by atoms with Crippen LogP contribution in [0.3, 0.4) is 0 Å². The molecule has 0 unspecified atom stereocenters. The lowest BCUT2D eigenvalue weighted by Gasteiger charge is -2.21. The Morgan fingerprint density at radius 3 is 2.41 bits per heavy atom. The number of hydrogen-bond acceptors (Lipinski definition) is 3. The van der Waals surface area contributed by atoms with Crippen LogP contribution in [0.1, 0.15) is 26.3 Å². The first-order valence-electron chi connectivity index (χ1n) is 9.03. The van der Waals surface area contributed by atoms with Crippen molar-refractivity contribution in [3.8, 4) is 5.75 Å². The van der Waals surface area contributed by atoms with Crippen molar-refractivity contribution in [3.05, 3.63) is 94.5 Å². The zero-order valence-electron chi connectivity index (χ0n) is 16.2. The van der Waals surface area contributed by atoms with Crippen LogP contribution in [-0.2, 0) is 6.54 Å². The number of nitrogens with zero attached hydrogens (tertiary/aromatic N) is 1. The van der Waals surface area contributed by atoms with Crippen molar-refractivity contribution < 1.29 is 14.3 Å². The summed E-state index contributed by atoms with van der Waals surface area (Å²) in [4.78, 5) is 27.1. The van der Waals surface area contributed by atoms with E-state index in [1.807, 2.05) is 6.07 Å². The number of ether oxygens (including phenoxy) is 1. The Hall–Kier alpha value is -3.31. The van der Waals surface area contributed by atoms with E-state index in [2.05, 4.69) is 5.32 Å². The molecule has 0 bridgehead atoms. The summed E-state index contributed by atoms with van der Waals surface area (Å²) < 4.78 is 5.36. The Kier molecular flexibility index (Phi) is 6.52. The zero-order valence-corrected chi connectivity index (χ0v) is 16.9. The van der Waals surface area contributed by atoms with Gasteiger partial charge in [0.05, 0.1) is 18.4 Å². The molecule has 0 aliphatic rings. The third-order valence-corrected chi connectivity index (χ3v) is 4.67. The standard InChI is InChI=1S/C23H21ClN2O3/c1-26(15-17-14-18(24)12-13-21(17)29-2)23(28)19-10-6-7-11-20(19)25-22(27)16-8-4-3-5-9-16/h3-14H,15H2,1-2H3,(H,25,27). The van der Waals surface area contributed by atoms with Crippen molar-refractivity contribution in [1.82, 2.24) is 4.90 Å². The third-order valence-electron chi connectivity index (χ3n) is 4.44. The van der Waals surface area contributed by atoms with Gasteiger partial charge in [0.15, 0.2) is 0 Å². The lowest BCUT2D eigenvalue weighted by molar-refractivity contribution is 0.0785. The quantitative estimate of drug-likeness (QED) is 0.632. The van der Waals surface area contributed by atoms with Crippen molar-refractivity contribution in [2.24, 2.45) is 0 Å². The first-order chi connectivity index (χ1) is 14.0. The SMILES string of the molecule is COc1ccc(Cl)cc1CN(C)C(=O)c1ccccc1NC(=O)c1ccccc1. The van der Waals surface area contributed by atoms with Gasteiger partial charge >= 0.3 is 0 Å². The number of carbonyl (C=O) groups excluding carboxylic acids is 2. The van der Waals surface area contributed by atoms with Gasteiger partial charge in [0, 0.05) is 29.7 Å². The maximum Gasteiger partial charge on any atom is 0.256 e. The summed E-state index contributed by atoms with van der Waals surface area (Å²) in [6, 6.07) is 21.1. The number of para-hydroxylation sites is 1. The number of carbonyl (C=O) groups is 2. The van der Waals surface area contributed by atoms with Gasteiger partial charge in [0.2, 0.25) is 0 Å². The van der Waals surface area contributed by atoms with Gasteiger partial charge in [-0.3, -0.25) is 9.59 Å². The highest BCUT2D eigenvalue weighted by Crippen LogP contribution is 2.25. The number of amides is 2. The molecular weight excluding hydrogens is 388 g/mol. The minimum Gasteiger partial charge on any atom is -0.496 e. The van der Waals surface area contributed by atoms with Crippen molar-refractivity contribution in [2.45, 2.75) is 6.54 Å². The predicted octanol–water partition coefficient (Wildman–Crippen LogP) is 4.87. The van der Waals surface area contributed by atoms with Crippen LogP contribution in [0.5, 0.6) is 5.75 Å². The maximum absolute atomic E-state index is 13.1. The number of halogens is 1. The average molecular weight is 409 g/mol. The third kappa shape index (κ3) is 4.95. The fraction of sp³-hybridized carbons (Fsp3) is 0.130. The van der Waals surface area contributed by atoms with E-state index in [4.69, 9.17) is 16.3 Å². The molecule has 3 aromatic carbocycles. The van der Waals surface area contributed by atoms with Gasteiger partial charge in [0.25, 0.3) is 11.8 Å². The largest absolute Gasteiger partial charge is 0.496 e. The molecule has 5 nitrogen and oxygen atoms in total. The summed E-state index contributed by atoms with van der Waals surface area (Å²) in [5.41, 5.74) is 2.17. The van der Waals surface area contributed by atoms with Crippen LogP contribution >= 0.6 is 11.6 Å². The molecule has 0 radical (unpaired) electrons. The lowest BCUT2D eigenvalue weighted by Crippen LogP contribution is -2.27. The molecule has 0 aliphatic carbocycles. The van der Waals surface area contributed by atoms with E-state index in [1.54, 1.807) is 85.8 Å². The molecule has 1 N–H and O–H groups in total. The highest BCUT2D eigenvalue weighted by atomic mass is 35.5. The molecule has 29 heavy (non-hydrogen) atoms. The zero-order chi connectivity index (χ0) is 20.8. The first-order valence-corrected chi connectivity index (χ1v) is 9.40. The number of rotatable bonds is 6. The number of nitrogens with one attached hydrogen (secondary N) is 1. The average Bonchev–Trinajstić information content (AvgIpc) is 2.74. The molecule has 0 saturated heterocycles. The van der Waals surface area contributed by atoms with Crippen LogP contribution in [0.2, 0.25) is 5.02 Å².